The van der Waals surface area contributed by atoms with Gasteiger partial charge in [-0.1, -0.05) is 45.1 Å². The summed E-state index contributed by atoms with van der Waals surface area (Å²) in [5, 5.41) is 10.6. The maximum absolute atomic E-state index is 5.11. The van der Waals surface area contributed by atoms with Gasteiger partial charge in [-0.15, -0.1) is 0 Å². The number of hydrogen-bond acceptors (Lipinski definition) is 6. The van der Waals surface area contributed by atoms with E-state index in [1.807, 2.05) is 6.20 Å². The highest BCUT2D eigenvalue weighted by Gasteiger charge is 2.50. The third-order valence-corrected chi connectivity index (χ3v) is 9.33. The molecule has 5 fully saturated rings. The summed E-state index contributed by atoms with van der Waals surface area (Å²) in [6.07, 6.45) is 20.3. The molecule has 6 rings (SSSR count). The average Bonchev–Trinajstić information content (AvgIpc) is 3.71. The fourth-order valence-corrected chi connectivity index (χ4v) is 7.17. The summed E-state index contributed by atoms with van der Waals surface area (Å²) in [5.41, 5.74) is 5.02. The minimum atomic E-state index is 0.283. The van der Waals surface area contributed by atoms with Crippen molar-refractivity contribution in [2.75, 3.05) is 39.4 Å². The second-order valence-electron chi connectivity index (χ2n) is 11.8. The van der Waals surface area contributed by atoms with E-state index in [1.165, 1.54) is 115 Å². The minimum Gasteiger partial charge on any atom is -0.385 e. The molecule has 2 saturated heterocycles. The first-order valence-electron chi connectivity index (χ1n) is 14.7. The van der Waals surface area contributed by atoms with Crippen LogP contribution >= 0.6 is 0 Å². The Morgan fingerprint density at radius 2 is 1.75 bits per heavy atom. The number of fused-ring (bicyclic) bond motifs is 2. The van der Waals surface area contributed by atoms with Gasteiger partial charge in [0.1, 0.15) is 0 Å². The van der Waals surface area contributed by atoms with Gasteiger partial charge in [-0.25, -0.2) is 0 Å². The van der Waals surface area contributed by atoms with Crippen molar-refractivity contribution in [3.63, 3.8) is 0 Å². The summed E-state index contributed by atoms with van der Waals surface area (Å²) < 4.78 is 0. The molecule has 0 amide bonds. The van der Waals surface area contributed by atoms with Gasteiger partial charge < -0.3 is 10.6 Å². The molecule has 6 nitrogen and oxygen atoms in total. The number of nitrogens with zero attached hydrogens (tertiary/aromatic N) is 3. The van der Waals surface area contributed by atoms with Gasteiger partial charge in [-0.3, -0.25) is 20.2 Å². The first-order valence-corrected chi connectivity index (χ1v) is 14.7. The van der Waals surface area contributed by atoms with E-state index in [9.17, 15) is 0 Å². The predicted molar refractivity (Wildman–Crippen MR) is 152 cm³/mol. The van der Waals surface area contributed by atoms with E-state index in [-0.39, 0.29) is 5.41 Å². The van der Waals surface area contributed by atoms with Crippen LogP contribution in [-0.2, 0) is 0 Å². The lowest BCUT2D eigenvalue weighted by atomic mass is 9.61. The van der Waals surface area contributed by atoms with E-state index in [2.05, 4.69) is 45.2 Å². The lowest BCUT2D eigenvalue weighted by molar-refractivity contribution is 0.143. The molecular formula is C30H48N6. The summed E-state index contributed by atoms with van der Waals surface area (Å²) >= 11 is 0. The van der Waals surface area contributed by atoms with E-state index < -0.39 is 0 Å². The highest BCUT2D eigenvalue weighted by molar-refractivity contribution is 6.10. The second kappa shape index (κ2) is 12.2. The predicted octanol–water partition coefficient (Wildman–Crippen LogP) is 4.57. The van der Waals surface area contributed by atoms with Crippen molar-refractivity contribution < 1.29 is 0 Å². The number of aliphatic imine (C=N–C) groups is 2. The minimum absolute atomic E-state index is 0.283. The largest absolute Gasteiger partial charge is 0.385 e. The van der Waals surface area contributed by atoms with Gasteiger partial charge in [0.2, 0.25) is 0 Å². The van der Waals surface area contributed by atoms with E-state index in [4.69, 9.17) is 4.99 Å². The van der Waals surface area contributed by atoms with Crippen LogP contribution in [0, 0.1) is 11.3 Å². The molecule has 0 aromatic rings. The van der Waals surface area contributed by atoms with Crippen molar-refractivity contribution in [1.82, 2.24) is 20.9 Å². The first-order chi connectivity index (χ1) is 17.7. The molecule has 0 aromatic heterocycles. The van der Waals surface area contributed by atoms with Crippen molar-refractivity contribution in [3.05, 3.63) is 35.7 Å². The van der Waals surface area contributed by atoms with Crippen LogP contribution in [0.3, 0.4) is 0 Å². The first kappa shape index (κ1) is 25.9. The fourth-order valence-electron chi connectivity index (χ4n) is 7.17. The molecule has 1 spiro atoms. The average molecular weight is 493 g/mol. The summed E-state index contributed by atoms with van der Waals surface area (Å²) in [6.45, 7) is 14.7. The van der Waals surface area contributed by atoms with E-state index in [0.717, 1.165) is 23.9 Å². The normalized spacial score (nSPS) is 30.9. The number of nitrogens with one attached hydrogen (secondary N) is 3. The van der Waals surface area contributed by atoms with E-state index in [1.54, 1.807) is 0 Å². The van der Waals surface area contributed by atoms with Crippen LogP contribution in [0.2, 0.25) is 0 Å². The van der Waals surface area contributed by atoms with Gasteiger partial charge in [0.05, 0.1) is 12.4 Å². The SMILES string of the molecule is C1CN(C2CC2)CCN1.C=N/C=C1/C=C2C(=C)NCC3(CCCCC3)C2/C1=N/CNC1CCCCC1. The number of rotatable bonds is 5. The molecular weight excluding hydrogens is 444 g/mol. The topological polar surface area (TPSA) is 64.0 Å². The summed E-state index contributed by atoms with van der Waals surface area (Å²) in [6, 6.07) is 1.61. The Morgan fingerprint density at radius 1 is 1.03 bits per heavy atom. The summed E-state index contributed by atoms with van der Waals surface area (Å²) in [7, 11) is 0. The molecule has 4 aliphatic carbocycles. The summed E-state index contributed by atoms with van der Waals surface area (Å²) in [5.74, 6) is 0.368. The second-order valence-corrected chi connectivity index (χ2v) is 11.8. The van der Waals surface area contributed by atoms with Gasteiger partial charge in [0.25, 0.3) is 0 Å². The molecule has 2 heterocycles. The maximum atomic E-state index is 5.11. The lowest BCUT2D eigenvalue weighted by Gasteiger charge is -2.47. The molecule has 6 aliphatic rings. The van der Waals surface area contributed by atoms with Crippen LogP contribution in [0.4, 0.5) is 0 Å². The zero-order valence-electron chi connectivity index (χ0n) is 22.4. The fraction of sp³-hybridized carbons (Fsp3) is 0.733. The molecule has 1 atom stereocenters. The molecule has 0 bridgehead atoms. The van der Waals surface area contributed by atoms with E-state index >= 15 is 0 Å². The van der Waals surface area contributed by atoms with E-state index in [0.29, 0.717) is 18.6 Å². The van der Waals surface area contributed by atoms with Gasteiger partial charge in [0, 0.05) is 73.6 Å². The highest BCUT2D eigenvalue weighted by Crippen LogP contribution is 2.52. The van der Waals surface area contributed by atoms with Gasteiger partial charge in [-0.2, -0.15) is 0 Å². The van der Waals surface area contributed by atoms with Crippen LogP contribution in [0.5, 0.6) is 0 Å². The molecule has 2 aliphatic heterocycles. The van der Waals surface area contributed by atoms with Crippen LogP contribution in [0.25, 0.3) is 0 Å². The molecule has 6 heteroatoms. The molecule has 0 aromatic carbocycles. The highest BCUT2D eigenvalue weighted by atomic mass is 15.2. The lowest BCUT2D eigenvalue weighted by Crippen LogP contribution is -2.49. The Bertz CT molecular complexity index is 864. The Kier molecular flexibility index (Phi) is 8.76. The van der Waals surface area contributed by atoms with Crippen molar-refractivity contribution in [1.29, 1.82) is 0 Å². The van der Waals surface area contributed by atoms with Crippen LogP contribution < -0.4 is 16.0 Å². The van der Waals surface area contributed by atoms with Crippen molar-refractivity contribution >= 4 is 12.4 Å². The third kappa shape index (κ3) is 6.03. The molecule has 36 heavy (non-hydrogen) atoms. The van der Waals surface area contributed by atoms with Gasteiger partial charge >= 0.3 is 0 Å². The standard InChI is InChI=1S/C23H34N4.C7H14N2/c1-17-20-13-18(14-24-2)22(27-16-26-19-9-5-3-6-10-19)21(20)23(15-25-17)11-7-4-8-12-23;1-2-7(1)9-5-3-8-4-6-9/h13-14,19,21,25-26H,1-12,15-16H2;7-8H,1-6H2/b18-14-,27-22+;. The smallest absolute Gasteiger partial charge is 0.0890 e. The maximum Gasteiger partial charge on any atom is 0.0890 e. The summed E-state index contributed by atoms with van der Waals surface area (Å²) in [4.78, 5) is 11.8. The number of hydrogen-bond donors (Lipinski definition) is 3. The number of piperidine rings is 1. The Hall–Kier alpha value is -1.76. The molecule has 198 valence electrons. The molecule has 1 unspecified atom stereocenters. The zero-order chi connectivity index (χ0) is 24.8. The number of allylic oxidation sites excluding steroid dienone is 3. The molecule has 3 N–H and O–H groups in total. The Morgan fingerprint density at radius 3 is 2.44 bits per heavy atom. The molecule has 0 radical (unpaired) electrons. The zero-order valence-corrected chi connectivity index (χ0v) is 22.4. The monoisotopic (exact) mass is 492 g/mol. The van der Waals surface area contributed by atoms with Crippen LogP contribution in [0.15, 0.2) is 45.7 Å². The van der Waals surface area contributed by atoms with Crippen LogP contribution in [-0.4, -0.2) is 68.8 Å². The molecule has 3 saturated carbocycles. The Labute approximate surface area is 218 Å². The quantitative estimate of drug-likeness (QED) is 0.492. The van der Waals surface area contributed by atoms with Gasteiger partial charge in [-0.05, 0) is 56.9 Å². The third-order valence-electron chi connectivity index (χ3n) is 9.33. The van der Waals surface area contributed by atoms with Crippen molar-refractivity contribution in [2.45, 2.75) is 89.1 Å². The van der Waals surface area contributed by atoms with Crippen molar-refractivity contribution in [2.24, 2.45) is 21.3 Å². The number of piperazine rings is 1. The van der Waals surface area contributed by atoms with Gasteiger partial charge in [0.15, 0.2) is 0 Å². The van der Waals surface area contributed by atoms with Crippen molar-refractivity contribution in [3.8, 4) is 0 Å². The van der Waals surface area contributed by atoms with Crippen LogP contribution in [0.1, 0.15) is 77.0 Å². The Balaban J connectivity index is 0.000000247.